The first-order valence-corrected chi connectivity index (χ1v) is 7.17. The van der Waals surface area contributed by atoms with Crippen LogP contribution in [0.1, 0.15) is 26.4 Å². The second-order valence-electron chi connectivity index (χ2n) is 5.33. The molecule has 0 saturated heterocycles. The minimum atomic E-state index is -1.13. The lowest BCUT2D eigenvalue weighted by Crippen LogP contribution is -2.16. The summed E-state index contributed by atoms with van der Waals surface area (Å²) in [4.78, 5) is 24.0. The van der Waals surface area contributed by atoms with Crippen molar-refractivity contribution in [3.05, 3.63) is 71.5 Å². The van der Waals surface area contributed by atoms with Crippen molar-refractivity contribution in [1.82, 2.24) is 4.57 Å². The minimum Gasteiger partial charge on any atom is -0.477 e. The zero-order valence-electron chi connectivity index (χ0n) is 12.8. The number of rotatable bonds is 4. The number of carbonyl (C=O) groups excluding carboxylic acids is 1. The number of aryl methyl sites for hydroxylation is 1. The van der Waals surface area contributed by atoms with Gasteiger partial charge in [0.1, 0.15) is 5.69 Å². The standard InChI is InChI=1S/C18H14N2O4/c1-20-10-12(9-15(20)18(22)23)16(19-24)17(21)14-8-4-6-11-5-2-3-7-13(11)14/h2-10,24H,1H3,(H,22,23)/b19-16+. The molecule has 0 atom stereocenters. The number of benzene rings is 2. The molecule has 2 aromatic carbocycles. The topological polar surface area (TPSA) is 91.9 Å². The normalized spacial score (nSPS) is 11.6. The Kier molecular flexibility index (Phi) is 3.87. The van der Waals surface area contributed by atoms with Crippen molar-refractivity contribution < 1.29 is 19.9 Å². The molecule has 6 nitrogen and oxygen atoms in total. The maximum Gasteiger partial charge on any atom is 0.352 e. The highest BCUT2D eigenvalue weighted by atomic mass is 16.4. The second kappa shape index (κ2) is 6.00. The van der Waals surface area contributed by atoms with E-state index in [0.717, 1.165) is 10.8 Å². The van der Waals surface area contributed by atoms with Gasteiger partial charge in [-0.2, -0.15) is 0 Å². The molecular weight excluding hydrogens is 308 g/mol. The third kappa shape index (κ3) is 2.54. The molecule has 0 amide bonds. The van der Waals surface area contributed by atoms with Crippen LogP contribution in [-0.4, -0.2) is 32.3 Å². The van der Waals surface area contributed by atoms with Gasteiger partial charge < -0.3 is 14.9 Å². The molecule has 24 heavy (non-hydrogen) atoms. The molecule has 1 heterocycles. The summed E-state index contributed by atoms with van der Waals surface area (Å²) in [6.07, 6.45) is 1.45. The molecule has 0 aliphatic rings. The molecule has 0 spiro atoms. The summed E-state index contributed by atoms with van der Waals surface area (Å²) in [5, 5.41) is 23.2. The van der Waals surface area contributed by atoms with Gasteiger partial charge in [0.15, 0.2) is 5.71 Å². The Morgan fingerprint density at radius 1 is 1.08 bits per heavy atom. The van der Waals surface area contributed by atoms with E-state index in [4.69, 9.17) is 5.11 Å². The van der Waals surface area contributed by atoms with Crippen LogP contribution in [0.25, 0.3) is 10.8 Å². The highest BCUT2D eigenvalue weighted by molar-refractivity contribution is 6.52. The highest BCUT2D eigenvalue weighted by Gasteiger charge is 2.22. The minimum absolute atomic E-state index is 0.00290. The van der Waals surface area contributed by atoms with Crippen LogP contribution in [0.2, 0.25) is 0 Å². The quantitative estimate of drug-likeness (QED) is 0.334. The van der Waals surface area contributed by atoms with Crippen LogP contribution in [-0.2, 0) is 7.05 Å². The van der Waals surface area contributed by atoms with E-state index in [9.17, 15) is 14.8 Å². The Morgan fingerprint density at radius 2 is 1.79 bits per heavy atom. The summed E-state index contributed by atoms with van der Waals surface area (Å²) in [5.41, 5.74) is 0.434. The lowest BCUT2D eigenvalue weighted by molar-refractivity contribution is 0.0686. The number of ketones is 1. The summed E-state index contributed by atoms with van der Waals surface area (Å²) in [6.45, 7) is 0. The van der Waals surface area contributed by atoms with Crippen molar-refractivity contribution in [2.24, 2.45) is 12.2 Å². The lowest BCUT2D eigenvalue weighted by Gasteiger charge is -2.06. The number of carbonyl (C=O) groups is 2. The second-order valence-corrected chi connectivity index (χ2v) is 5.33. The van der Waals surface area contributed by atoms with E-state index in [0.29, 0.717) is 5.56 Å². The van der Waals surface area contributed by atoms with Gasteiger partial charge in [-0.05, 0) is 16.8 Å². The number of hydrogen-bond acceptors (Lipinski definition) is 4. The van der Waals surface area contributed by atoms with Crippen molar-refractivity contribution in [2.45, 2.75) is 0 Å². The third-order valence-corrected chi connectivity index (χ3v) is 3.85. The Balaban J connectivity index is 2.10. The van der Waals surface area contributed by atoms with Crippen LogP contribution in [0, 0.1) is 0 Å². The molecule has 1 aromatic heterocycles. The van der Waals surface area contributed by atoms with E-state index in [2.05, 4.69) is 5.16 Å². The molecule has 0 aliphatic heterocycles. The number of aromatic nitrogens is 1. The zero-order chi connectivity index (χ0) is 17.3. The van der Waals surface area contributed by atoms with Crippen LogP contribution in [0.5, 0.6) is 0 Å². The van der Waals surface area contributed by atoms with Crippen LogP contribution < -0.4 is 0 Å². The van der Waals surface area contributed by atoms with Crippen LogP contribution in [0.4, 0.5) is 0 Å². The van der Waals surface area contributed by atoms with Crippen molar-refractivity contribution in [3.63, 3.8) is 0 Å². The van der Waals surface area contributed by atoms with Gasteiger partial charge in [-0.15, -0.1) is 0 Å². The number of carboxylic acid groups (broad SMARTS) is 1. The van der Waals surface area contributed by atoms with Crippen molar-refractivity contribution in [1.29, 1.82) is 0 Å². The van der Waals surface area contributed by atoms with Crippen molar-refractivity contribution in [2.75, 3.05) is 0 Å². The van der Waals surface area contributed by atoms with E-state index in [-0.39, 0.29) is 17.0 Å². The summed E-state index contributed by atoms with van der Waals surface area (Å²) in [6, 6.07) is 14.0. The van der Waals surface area contributed by atoms with E-state index in [1.165, 1.54) is 16.8 Å². The van der Waals surface area contributed by atoms with Gasteiger partial charge in [0.2, 0.25) is 5.78 Å². The van der Waals surface area contributed by atoms with Gasteiger partial charge >= 0.3 is 5.97 Å². The maximum atomic E-state index is 12.8. The number of aromatic carboxylic acids is 1. The van der Waals surface area contributed by atoms with Crippen molar-refractivity contribution >= 4 is 28.2 Å². The first-order chi connectivity index (χ1) is 11.5. The highest BCUT2D eigenvalue weighted by Crippen LogP contribution is 2.21. The predicted molar refractivity (Wildman–Crippen MR) is 89.0 cm³/mol. The lowest BCUT2D eigenvalue weighted by atomic mass is 9.97. The number of Topliss-reactive ketones (excluding diaryl/α,β-unsaturated/α-hetero) is 1. The third-order valence-electron chi connectivity index (χ3n) is 3.85. The maximum absolute atomic E-state index is 12.8. The van der Waals surface area contributed by atoms with Gasteiger partial charge in [0.05, 0.1) is 0 Å². The molecule has 6 heteroatoms. The number of oxime groups is 1. The molecule has 3 aromatic rings. The molecule has 2 N–H and O–H groups in total. The molecular formula is C18H14N2O4. The average Bonchev–Trinajstić information content (AvgIpc) is 2.96. The fourth-order valence-electron chi connectivity index (χ4n) is 2.69. The smallest absolute Gasteiger partial charge is 0.352 e. The number of nitrogens with zero attached hydrogens (tertiary/aromatic N) is 2. The number of fused-ring (bicyclic) bond motifs is 1. The van der Waals surface area contributed by atoms with E-state index < -0.39 is 11.8 Å². The summed E-state index contributed by atoms with van der Waals surface area (Å²) in [7, 11) is 1.55. The number of carboxylic acids is 1. The average molecular weight is 322 g/mol. The Bertz CT molecular complexity index is 980. The molecule has 120 valence electrons. The Morgan fingerprint density at radius 3 is 2.46 bits per heavy atom. The van der Waals surface area contributed by atoms with Crippen LogP contribution in [0.3, 0.4) is 0 Å². The van der Waals surface area contributed by atoms with Crippen LogP contribution in [0.15, 0.2) is 59.9 Å². The number of hydrogen-bond donors (Lipinski definition) is 2. The fourth-order valence-corrected chi connectivity index (χ4v) is 2.69. The van der Waals surface area contributed by atoms with Crippen molar-refractivity contribution in [3.8, 4) is 0 Å². The predicted octanol–water partition coefficient (Wildman–Crippen LogP) is 2.94. The molecule has 0 bridgehead atoms. The Hall–Kier alpha value is -3.41. The van der Waals surface area contributed by atoms with E-state index in [1.807, 2.05) is 30.3 Å². The summed E-state index contributed by atoms with van der Waals surface area (Å²) in [5.74, 6) is -1.60. The zero-order valence-corrected chi connectivity index (χ0v) is 12.8. The van der Waals surface area contributed by atoms with Gasteiger partial charge in [-0.1, -0.05) is 47.6 Å². The molecule has 3 rings (SSSR count). The SMILES string of the molecule is Cn1cc(/C(=N\O)C(=O)c2cccc3ccccc23)cc1C(=O)O. The first kappa shape index (κ1) is 15.5. The molecule has 0 saturated carbocycles. The monoisotopic (exact) mass is 322 g/mol. The molecule has 0 aliphatic carbocycles. The first-order valence-electron chi connectivity index (χ1n) is 7.17. The summed E-state index contributed by atoms with van der Waals surface area (Å²) >= 11 is 0. The van der Waals surface area contributed by atoms with Gasteiger partial charge in [-0.3, -0.25) is 4.79 Å². The van der Waals surface area contributed by atoms with Gasteiger partial charge in [-0.25, -0.2) is 4.79 Å². The molecule has 0 unspecified atom stereocenters. The molecule has 0 radical (unpaired) electrons. The van der Waals surface area contributed by atoms with Gasteiger partial charge in [0, 0.05) is 24.4 Å². The van der Waals surface area contributed by atoms with Gasteiger partial charge in [0.25, 0.3) is 0 Å². The van der Waals surface area contributed by atoms with E-state index >= 15 is 0 Å². The summed E-state index contributed by atoms with van der Waals surface area (Å²) < 4.78 is 1.36. The Labute approximate surface area is 137 Å². The van der Waals surface area contributed by atoms with E-state index in [1.54, 1.807) is 19.2 Å². The van der Waals surface area contributed by atoms with Crippen LogP contribution >= 0.6 is 0 Å². The largest absolute Gasteiger partial charge is 0.477 e. The fraction of sp³-hybridized carbons (Fsp3) is 0.0556. The molecule has 0 fully saturated rings.